The van der Waals surface area contributed by atoms with E-state index in [4.69, 9.17) is 5.73 Å². The number of alkyl halides is 3. The molecule has 3 aromatic rings. The third kappa shape index (κ3) is 4.45. The summed E-state index contributed by atoms with van der Waals surface area (Å²) < 4.78 is 41.4. The van der Waals surface area contributed by atoms with Crippen LogP contribution in [0.15, 0.2) is 47.4 Å². The molecule has 152 valence electrons. The molecule has 1 amide bonds. The van der Waals surface area contributed by atoms with E-state index in [1.165, 1.54) is 23.7 Å². The summed E-state index contributed by atoms with van der Waals surface area (Å²) in [6.07, 6.45) is -2.95. The van der Waals surface area contributed by atoms with Gasteiger partial charge in [-0.1, -0.05) is 0 Å². The van der Waals surface area contributed by atoms with Crippen LogP contribution >= 0.6 is 0 Å². The Labute approximate surface area is 162 Å². The number of rotatable bonds is 4. The third-order valence-electron chi connectivity index (χ3n) is 4.10. The van der Waals surface area contributed by atoms with Crippen LogP contribution < -0.4 is 16.6 Å². The van der Waals surface area contributed by atoms with E-state index in [9.17, 15) is 22.8 Å². The number of anilines is 1. The van der Waals surface area contributed by atoms with Crippen molar-refractivity contribution in [2.24, 2.45) is 7.05 Å². The van der Waals surface area contributed by atoms with Crippen molar-refractivity contribution >= 4 is 11.6 Å². The minimum absolute atomic E-state index is 0.0715. The molecule has 0 spiro atoms. The molecule has 0 fully saturated rings. The van der Waals surface area contributed by atoms with Crippen LogP contribution in [0.5, 0.6) is 0 Å². The smallest absolute Gasteiger partial charge is 0.399 e. The number of hydrogen-bond donors (Lipinski definition) is 2. The molecule has 3 rings (SSSR count). The standard InChI is InChI=1S/C18H17F3N6O2/c1-10(11-7-12(18(19,20)21)9-13(22)8-11)23-17(29)14-3-4-16(28)27(24-14)15-5-6-26(2)25-15/h3-10H,22H2,1-2H3,(H,23,29)/t10-/m1/s1. The summed E-state index contributed by atoms with van der Waals surface area (Å²) in [7, 11) is 1.66. The van der Waals surface area contributed by atoms with E-state index in [2.05, 4.69) is 15.5 Å². The van der Waals surface area contributed by atoms with E-state index in [0.29, 0.717) is 0 Å². The molecule has 11 heteroatoms. The van der Waals surface area contributed by atoms with Crippen LogP contribution in [0.1, 0.15) is 34.6 Å². The normalized spacial score (nSPS) is 12.6. The molecule has 0 aliphatic carbocycles. The number of aryl methyl sites for hydroxylation is 1. The van der Waals surface area contributed by atoms with Gasteiger partial charge in [0.25, 0.3) is 11.5 Å². The maximum Gasteiger partial charge on any atom is 0.416 e. The van der Waals surface area contributed by atoms with Gasteiger partial charge >= 0.3 is 6.18 Å². The molecule has 29 heavy (non-hydrogen) atoms. The number of nitrogen functional groups attached to an aromatic ring is 1. The molecule has 2 aromatic heterocycles. The zero-order valence-electron chi connectivity index (χ0n) is 15.4. The third-order valence-corrected chi connectivity index (χ3v) is 4.10. The first-order chi connectivity index (χ1) is 13.5. The summed E-state index contributed by atoms with van der Waals surface area (Å²) >= 11 is 0. The predicted molar refractivity (Wildman–Crippen MR) is 98.3 cm³/mol. The Kier molecular flexibility index (Phi) is 5.14. The van der Waals surface area contributed by atoms with Gasteiger partial charge in [0.1, 0.15) is 5.69 Å². The van der Waals surface area contributed by atoms with Crippen molar-refractivity contribution in [1.29, 1.82) is 0 Å². The van der Waals surface area contributed by atoms with Gasteiger partial charge in [-0.2, -0.15) is 28.1 Å². The maximum atomic E-state index is 13.0. The second-order valence-corrected chi connectivity index (χ2v) is 6.40. The summed E-state index contributed by atoms with van der Waals surface area (Å²) in [5.41, 5.74) is 4.19. The average molecular weight is 406 g/mol. The average Bonchev–Trinajstić information content (AvgIpc) is 3.06. The monoisotopic (exact) mass is 406 g/mol. The van der Waals surface area contributed by atoms with E-state index >= 15 is 0 Å². The van der Waals surface area contributed by atoms with Crippen LogP contribution in [-0.2, 0) is 13.2 Å². The Hall–Kier alpha value is -3.63. The lowest BCUT2D eigenvalue weighted by atomic mass is 10.0. The molecule has 2 heterocycles. The lowest BCUT2D eigenvalue weighted by Crippen LogP contribution is -2.31. The van der Waals surface area contributed by atoms with Crippen molar-refractivity contribution in [2.75, 3.05) is 5.73 Å². The minimum atomic E-state index is -4.56. The van der Waals surface area contributed by atoms with Crippen molar-refractivity contribution < 1.29 is 18.0 Å². The van der Waals surface area contributed by atoms with E-state index in [1.54, 1.807) is 19.3 Å². The molecule has 0 bridgehead atoms. The van der Waals surface area contributed by atoms with Gasteiger partial charge in [0.15, 0.2) is 5.82 Å². The summed E-state index contributed by atoms with van der Waals surface area (Å²) in [6, 6.07) is 6.23. The van der Waals surface area contributed by atoms with Gasteiger partial charge in [-0.3, -0.25) is 14.3 Å². The molecule has 0 aliphatic heterocycles. The topological polar surface area (TPSA) is 108 Å². The fourth-order valence-corrected chi connectivity index (χ4v) is 2.66. The number of hydrogen-bond acceptors (Lipinski definition) is 5. The zero-order valence-corrected chi connectivity index (χ0v) is 15.4. The van der Waals surface area contributed by atoms with Gasteiger partial charge in [-0.05, 0) is 36.8 Å². The van der Waals surface area contributed by atoms with Crippen LogP contribution in [0, 0.1) is 0 Å². The zero-order chi connectivity index (χ0) is 21.3. The molecule has 0 aliphatic rings. The van der Waals surface area contributed by atoms with E-state index in [0.717, 1.165) is 22.9 Å². The molecule has 1 aromatic carbocycles. The van der Waals surface area contributed by atoms with Crippen molar-refractivity contribution in [3.63, 3.8) is 0 Å². The molecule has 1 atom stereocenters. The fourth-order valence-electron chi connectivity index (χ4n) is 2.66. The first-order valence-electron chi connectivity index (χ1n) is 8.43. The van der Waals surface area contributed by atoms with Crippen LogP contribution in [0.4, 0.5) is 18.9 Å². The van der Waals surface area contributed by atoms with Crippen LogP contribution in [0.2, 0.25) is 0 Å². The quantitative estimate of drug-likeness (QED) is 0.645. The van der Waals surface area contributed by atoms with Gasteiger partial charge in [0.2, 0.25) is 0 Å². The number of benzene rings is 1. The molecular formula is C18H17F3N6O2. The van der Waals surface area contributed by atoms with Gasteiger partial charge < -0.3 is 11.1 Å². The van der Waals surface area contributed by atoms with Gasteiger partial charge in [-0.25, -0.2) is 0 Å². The van der Waals surface area contributed by atoms with Gasteiger partial charge in [-0.15, -0.1) is 0 Å². The van der Waals surface area contributed by atoms with E-state index in [-0.39, 0.29) is 22.8 Å². The van der Waals surface area contributed by atoms with Gasteiger partial charge in [0, 0.05) is 31.1 Å². The lowest BCUT2D eigenvalue weighted by Gasteiger charge is -2.17. The summed E-state index contributed by atoms with van der Waals surface area (Å²) in [6.45, 7) is 1.52. The number of halogens is 3. The summed E-state index contributed by atoms with van der Waals surface area (Å²) in [5.74, 6) is -0.441. The number of nitrogens with zero attached hydrogens (tertiary/aromatic N) is 4. The number of nitrogens with two attached hydrogens (primary N) is 1. The largest absolute Gasteiger partial charge is 0.416 e. The summed E-state index contributed by atoms with van der Waals surface area (Å²) in [4.78, 5) is 24.5. The van der Waals surface area contributed by atoms with Gasteiger partial charge in [0.05, 0.1) is 11.6 Å². The molecule has 8 nitrogen and oxygen atoms in total. The first-order valence-corrected chi connectivity index (χ1v) is 8.43. The van der Waals surface area contributed by atoms with Crippen molar-refractivity contribution in [2.45, 2.75) is 19.1 Å². The lowest BCUT2D eigenvalue weighted by molar-refractivity contribution is -0.137. The number of carbonyl (C=O) groups excluding carboxylic acids is 1. The Morgan fingerprint density at radius 1 is 1.17 bits per heavy atom. The number of nitrogens with one attached hydrogen (secondary N) is 1. The highest BCUT2D eigenvalue weighted by Crippen LogP contribution is 2.32. The Morgan fingerprint density at radius 3 is 2.52 bits per heavy atom. The summed E-state index contributed by atoms with van der Waals surface area (Å²) in [5, 5.41) is 10.6. The Morgan fingerprint density at radius 2 is 1.90 bits per heavy atom. The minimum Gasteiger partial charge on any atom is -0.399 e. The van der Waals surface area contributed by atoms with Crippen LogP contribution in [-0.4, -0.2) is 25.5 Å². The first kappa shape index (κ1) is 20.1. The molecule has 0 saturated heterocycles. The van der Waals surface area contributed by atoms with E-state index in [1.807, 2.05) is 0 Å². The van der Waals surface area contributed by atoms with Crippen molar-refractivity contribution in [3.8, 4) is 5.82 Å². The number of aromatic nitrogens is 4. The van der Waals surface area contributed by atoms with E-state index < -0.39 is 29.2 Å². The molecule has 0 saturated carbocycles. The van der Waals surface area contributed by atoms with Crippen LogP contribution in [0.25, 0.3) is 5.82 Å². The maximum absolute atomic E-state index is 13.0. The number of carbonyl (C=O) groups is 1. The molecule has 0 unspecified atom stereocenters. The highest BCUT2D eigenvalue weighted by molar-refractivity contribution is 5.92. The predicted octanol–water partition coefficient (Wildman–Crippen LogP) is 2.06. The second kappa shape index (κ2) is 7.41. The highest BCUT2D eigenvalue weighted by Gasteiger charge is 2.31. The Balaban J connectivity index is 1.86. The SMILES string of the molecule is C[C@@H](NC(=O)c1ccc(=O)n(-c2ccn(C)n2)n1)c1cc(N)cc(C(F)(F)F)c1. The molecular weight excluding hydrogens is 389 g/mol. The number of amides is 1. The van der Waals surface area contributed by atoms with Crippen molar-refractivity contribution in [3.05, 3.63) is 69.8 Å². The molecule has 3 N–H and O–H groups in total. The molecule has 0 radical (unpaired) electrons. The van der Waals surface area contributed by atoms with Crippen LogP contribution in [0.3, 0.4) is 0 Å². The fraction of sp³-hybridized carbons (Fsp3) is 0.222. The highest BCUT2D eigenvalue weighted by atomic mass is 19.4. The van der Waals surface area contributed by atoms with Crippen molar-refractivity contribution in [1.82, 2.24) is 24.9 Å². The second-order valence-electron chi connectivity index (χ2n) is 6.40. The Bertz CT molecular complexity index is 1120.